The molecule has 3 heteroatoms. The third-order valence-electron chi connectivity index (χ3n) is 3.93. The van der Waals surface area contributed by atoms with Gasteiger partial charge >= 0.3 is 6.03 Å². The van der Waals surface area contributed by atoms with Crippen LogP contribution in [0.15, 0.2) is 0 Å². The summed E-state index contributed by atoms with van der Waals surface area (Å²) in [5.74, 6) is 0.965. The van der Waals surface area contributed by atoms with Gasteiger partial charge in [0.15, 0.2) is 0 Å². The number of rotatable bonds is 4. The lowest BCUT2D eigenvalue weighted by atomic mass is 9.82. The largest absolute Gasteiger partial charge is 0.338 e. The summed E-state index contributed by atoms with van der Waals surface area (Å²) in [4.78, 5) is 13.7. The minimum absolute atomic E-state index is 0.160. The Balaban J connectivity index is 1.52. The van der Waals surface area contributed by atoms with E-state index in [2.05, 4.69) is 5.32 Å². The van der Waals surface area contributed by atoms with Crippen molar-refractivity contribution in [3.05, 3.63) is 0 Å². The van der Waals surface area contributed by atoms with Crippen LogP contribution < -0.4 is 5.32 Å². The quantitative estimate of drug-likeness (QED) is 0.732. The van der Waals surface area contributed by atoms with Crippen molar-refractivity contribution in [2.45, 2.75) is 51.4 Å². The van der Waals surface area contributed by atoms with Crippen LogP contribution in [0.5, 0.6) is 0 Å². The predicted molar refractivity (Wildman–Crippen MR) is 65.4 cm³/mol. The van der Waals surface area contributed by atoms with Gasteiger partial charge in [-0.1, -0.05) is 19.3 Å². The van der Waals surface area contributed by atoms with Gasteiger partial charge in [-0.2, -0.15) is 0 Å². The van der Waals surface area contributed by atoms with E-state index in [1.807, 2.05) is 4.90 Å². The Morgan fingerprint density at radius 2 is 1.88 bits per heavy atom. The van der Waals surface area contributed by atoms with Gasteiger partial charge in [0.25, 0.3) is 0 Å². The first-order chi connectivity index (χ1) is 7.86. The molecule has 0 bridgehead atoms. The Kier molecular flexibility index (Phi) is 4.49. The molecule has 1 saturated heterocycles. The molecule has 0 aromatic heterocycles. The Labute approximate surface area is 98.6 Å². The van der Waals surface area contributed by atoms with Crippen molar-refractivity contribution in [3.8, 4) is 0 Å². The molecular formula is C13H24N2O. The van der Waals surface area contributed by atoms with E-state index in [1.165, 1.54) is 44.9 Å². The van der Waals surface area contributed by atoms with Crippen molar-refractivity contribution in [1.82, 2.24) is 10.2 Å². The molecule has 1 aliphatic carbocycles. The number of nitrogens with zero attached hydrogens (tertiary/aromatic N) is 1. The molecule has 1 heterocycles. The van der Waals surface area contributed by atoms with E-state index in [1.54, 1.807) is 0 Å². The van der Waals surface area contributed by atoms with E-state index in [9.17, 15) is 4.79 Å². The molecule has 1 saturated carbocycles. The van der Waals surface area contributed by atoms with Crippen LogP contribution in [0.25, 0.3) is 0 Å². The zero-order chi connectivity index (χ0) is 11.2. The molecule has 0 spiro atoms. The first-order valence-corrected chi connectivity index (χ1v) is 6.89. The second-order valence-electron chi connectivity index (χ2n) is 5.22. The van der Waals surface area contributed by atoms with E-state index >= 15 is 0 Å². The van der Waals surface area contributed by atoms with Crippen LogP contribution in [0.1, 0.15) is 51.4 Å². The highest BCUT2D eigenvalue weighted by Crippen LogP contribution is 2.30. The summed E-state index contributed by atoms with van der Waals surface area (Å²) in [6.07, 6.45) is 10.4. The second kappa shape index (κ2) is 6.12. The van der Waals surface area contributed by atoms with Crippen LogP contribution in [0.2, 0.25) is 0 Å². The molecule has 1 N–H and O–H groups in total. The summed E-state index contributed by atoms with van der Waals surface area (Å²) < 4.78 is 0. The highest BCUT2D eigenvalue weighted by molar-refractivity contribution is 5.74. The lowest BCUT2D eigenvalue weighted by Crippen LogP contribution is -2.43. The minimum atomic E-state index is 0.160. The summed E-state index contributed by atoms with van der Waals surface area (Å²) >= 11 is 0. The molecule has 0 radical (unpaired) electrons. The molecule has 0 aromatic rings. The van der Waals surface area contributed by atoms with Crippen molar-refractivity contribution in [3.63, 3.8) is 0 Å². The highest BCUT2D eigenvalue weighted by atomic mass is 16.2. The van der Waals surface area contributed by atoms with Gasteiger partial charge < -0.3 is 10.2 Å². The predicted octanol–water partition coefficient (Wildman–Crippen LogP) is 2.76. The van der Waals surface area contributed by atoms with E-state index in [0.717, 1.165) is 32.0 Å². The third kappa shape index (κ3) is 3.39. The topological polar surface area (TPSA) is 32.3 Å². The van der Waals surface area contributed by atoms with Crippen molar-refractivity contribution < 1.29 is 4.79 Å². The fraction of sp³-hybridized carbons (Fsp3) is 0.923. The fourth-order valence-electron chi connectivity index (χ4n) is 2.58. The summed E-state index contributed by atoms with van der Waals surface area (Å²) in [7, 11) is 0. The van der Waals surface area contributed by atoms with E-state index < -0.39 is 0 Å². The van der Waals surface area contributed by atoms with Crippen LogP contribution in [0.4, 0.5) is 4.79 Å². The molecule has 1 aliphatic heterocycles. The number of hydrogen-bond acceptors (Lipinski definition) is 1. The lowest BCUT2D eigenvalue weighted by Gasteiger charge is -2.27. The molecule has 2 aliphatic rings. The van der Waals surface area contributed by atoms with Crippen LogP contribution in [-0.2, 0) is 0 Å². The SMILES string of the molecule is O=C(NCCCC1CCC1)N1CCCCC1. The first kappa shape index (κ1) is 11.7. The number of carbonyl (C=O) groups excluding carboxylic acids is 1. The van der Waals surface area contributed by atoms with Crippen molar-refractivity contribution >= 4 is 6.03 Å². The Hall–Kier alpha value is -0.730. The summed E-state index contributed by atoms with van der Waals surface area (Å²) in [5, 5.41) is 3.04. The molecule has 92 valence electrons. The van der Waals surface area contributed by atoms with Gasteiger partial charge in [0.05, 0.1) is 0 Å². The Bertz CT molecular complexity index is 220. The average Bonchev–Trinajstić information content (AvgIpc) is 2.27. The molecule has 2 rings (SSSR count). The third-order valence-corrected chi connectivity index (χ3v) is 3.93. The monoisotopic (exact) mass is 224 g/mol. The Morgan fingerprint density at radius 1 is 1.12 bits per heavy atom. The van der Waals surface area contributed by atoms with Crippen molar-refractivity contribution in [1.29, 1.82) is 0 Å². The first-order valence-electron chi connectivity index (χ1n) is 6.89. The second-order valence-corrected chi connectivity index (χ2v) is 5.22. The van der Waals surface area contributed by atoms with Gasteiger partial charge in [-0.15, -0.1) is 0 Å². The van der Waals surface area contributed by atoms with E-state index in [0.29, 0.717) is 0 Å². The van der Waals surface area contributed by atoms with Gasteiger partial charge in [0.2, 0.25) is 0 Å². The molecule has 0 aromatic carbocycles. The number of nitrogens with one attached hydrogen (secondary N) is 1. The van der Waals surface area contributed by atoms with Gasteiger partial charge in [-0.3, -0.25) is 0 Å². The molecule has 2 fully saturated rings. The lowest BCUT2D eigenvalue weighted by molar-refractivity contribution is 0.185. The van der Waals surface area contributed by atoms with Gasteiger partial charge in [0.1, 0.15) is 0 Å². The fourth-order valence-corrected chi connectivity index (χ4v) is 2.58. The zero-order valence-corrected chi connectivity index (χ0v) is 10.2. The van der Waals surface area contributed by atoms with E-state index in [4.69, 9.17) is 0 Å². The van der Waals surface area contributed by atoms with Crippen LogP contribution >= 0.6 is 0 Å². The maximum Gasteiger partial charge on any atom is 0.317 e. The maximum absolute atomic E-state index is 11.7. The van der Waals surface area contributed by atoms with Crippen molar-refractivity contribution in [2.75, 3.05) is 19.6 Å². The minimum Gasteiger partial charge on any atom is -0.338 e. The van der Waals surface area contributed by atoms with Gasteiger partial charge in [-0.25, -0.2) is 4.79 Å². The molecule has 2 amide bonds. The number of hydrogen-bond donors (Lipinski definition) is 1. The highest BCUT2D eigenvalue weighted by Gasteiger charge is 2.18. The molecule has 16 heavy (non-hydrogen) atoms. The van der Waals surface area contributed by atoms with Crippen molar-refractivity contribution in [2.24, 2.45) is 5.92 Å². The molecular weight excluding hydrogens is 200 g/mol. The van der Waals surface area contributed by atoms with Crippen LogP contribution in [0.3, 0.4) is 0 Å². The maximum atomic E-state index is 11.7. The standard InChI is InChI=1S/C13H24N2O/c16-13(15-10-2-1-3-11-15)14-9-5-8-12-6-4-7-12/h12H,1-11H2,(H,14,16). The number of amides is 2. The number of carbonyl (C=O) groups is 1. The number of piperidine rings is 1. The Morgan fingerprint density at radius 3 is 2.50 bits per heavy atom. The van der Waals surface area contributed by atoms with Crippen LogP contribution in [-0.4, -0.2) is 30.6 Å². The van der Waals surface area contributed by atoms with E-state index in [-0.39, 0.29) is 6.03 Å². The number of likely N-dealkylation sites (tertiary alicyclic amines) is 1. The van der Waals surface area contributed by atoms with Crippen LogP contribution in [0, 0.1) is 5.92 Å². The summed E-state index contributed by atoms with van der Waals surface area (Å²) in [5.41, 5.74) is 0. The zero-order valence-electron chi connectivity index (χ0n) is 10.2. The summed E-state index contributed by atoms with van der Waals surface area (Å²) in [6.45, 7) is 2.77. The smallest absolute Gasteiger partial charge is 0.317 e. The summed E-state index contributed by atoms with van der Waals surface area (Å²) in [6, 6.07) is 0.160. The molecule has 3 nitrogen and oxygen atoms in total. The molecule has 0 unspecified atom stereocenters. The average molecular weight is 224 g/mol. The normalized spacial score (nSPS) is 21.6. The van der Waals surface area contributed by atoms with Gasteiger partial charge in [0, 0.05) is 19.6 Å². The van der Waals surface area contributed by atoms with Gasteiger partial charge in [-0.05, 0) is 38.0 Å². The number of urea groups is 1. The molecule has 0 atom stereocenters.